The monoisotopic (exact) mass is 494 g/mol. The number of rotatable bonds is 8. The maximum Gasteiger partial charge on any atom is 0.339 e. The molecule has 2 aromatic rings. The van der Waals surface area contributed by atoms with Crippen molar-refractivity contribution in [1.29, 1.82) is 0 Å². The number of nitro groups is 1. The normalized spacial score (nSPS) is 15.2. The van der Waals surface area contributed by atoms with Crippen molar-refractivity contribution in [1.82, 2.24) is 4.90 Å². The van der Waals surface area contributed by atoms with E-state index in [1.165, 1.54) is 50.4 Å². The fourth-order valence-electron chi connectivity index (χ4n) is 2.95. The number of benzene rings is 2. The van der Waals surface area contributed by atoms with Crippen molar-refractivity contribution in [2.24, 2.45) is 0 Å². The second-order valence-electron chi connectivity index (χ2n) is 6.84. The minimum atomic E-state index is -4.40. The lowest BCUT2D eigenvalue weighted by molar-refractivity contribution is -0.385. The Hall–Kier alpha value is -3.42. The number of imide groups is 1. The van der Waals surface area contributed by atoms with Crippen molar-refractivity contribution in [3.8, 4) is 11.5 Å². The molecule has 0 aromatic heterocycles. The maximum absolute atomic E-state index is 12.7. The van der Waals surface area contributed by atoms with Gasteiger partial charge in [-0.2, -0.15) is 8.42 Å². The number of carbonyl (C=O) groups excluding carboxylic acids is 2. The number of amides is 2. The van der Waals surface area contributed by atoms with Gasteiger partial charge in [0.15, 0.2) is 11.5 Å². The average Bonchev–Trinajstić information content (AvgIpc) is 3.02. The third-order valence-corrected chi connectivity index (χ3v) is 6.74. The Kier molecular flexibility index (Phi) is 7.05. The van der Waals surface area contributed by atoms with Crippen LogP contribution in [-0.2, 0) is 14.9 Å². The van der Waals surface area contributed by atoms with E-state index >= 15 is 0 Å². The van der Waals surface area contributed by atoms with Gasteiger partial charge in [-0.25, -0.2) is 0 Å². The molecule has 1 heterocycles. The van der Waals surface area contributed by atoms with E-state index in [1.54, 1.807) is 0 Å². The van der Waals surface area contributed by atoms with Crippen molar-refractivity contribution in [3.63, 3.8) is 0 Å². The van der Waals surface area contributed by atoms with Crippen LogP contribution in [0.2, 0.25) is 0 Å². The standard InChI is InChI=1S/C20H19N3O8S2/c1-12-3-5-14(11-15(12)23(26)27)33(28,29)31-16-6-4-13(9-17(16)30-2)10-18-19(24)22(8-7-21)20(25)32-18/h3-6,9-11H,7-8,21H2,1-2H3/p+1/b18-10-. The highest BCUT2D eigenvalue weighted by atomic mass is 32.2. The molecule has 0 aliphatic carbocycles. The summed E-state index contributed by atoms with van der Waals surface area (Å²) in [6.07, 6.45) is 1.48. The third-order valence-electron chi connectivity index (χ3n) is 4.61. The fraction of sp³-hybridized carbons (Fsp3) is 0.200. The number of quaternary nitrogens is 1. The van der Waals surface area contributed by atoms with E-state index in [4.69, 9.17) is 8.92 Å². The highest BCUT2D eigenvalue weighted by molar-refractivity contribution is 8.18. The molecular weight excluding hydrogens is 474 g/mol. The smallest absolute Gasteiger partial charge is 0.339 e. The topological polar surface area (TPSA) is 161 Å². The Morgan fingerprint density at radius 2 is 1.91 bits per heavy atom. The van der Waals surface area contributed by atoms with E-state index in [-0.39, 0.29) is 38.8 Å². The lowest BCUT2D eigenvalue weighted by Crippen LogP contribution is -2.55. The van der Waals surface area contributed by atoms with Crippen molar-refractivity contribution in [2.45, 2.75) is 11.8 Å². The first-order valence-electron chi connectivity index (χ1n) is 9.49. The van der Waals surface area contributed by atoms with Gasteiger partial charge in [0.1, 0.15) is 4.90 Å². The Labute approximate surface area is 193 Å². The molecule has 2 aromatic carbocycles. The molecule has 13 heteroatoms. The molecule has 1 fully saturated rings. The first kappa shape index (κ1) is 24.2. The van der Waals surface area contributed by atoms with Crippen LogP contribution < -0.4 is 14.7 Å². The van der Waals surface area contributed by atoms with E-state index in [9.17, 15) is 28.1 Å². The van der Waals surface area contributed by atoms with Crippen molar-refractivity contribution in [2.75, 3.05) is 20.2 Å². The zero-order chi connectivity index (χ0) is 24.3. The zero-order valence-electron chi connectivity index (χ0n) is 17.6. The predicted molar refractivity (Wildman–Crippen MR) is 119 cm³/mol. The SMILES string of the molecule is COc1cc(/C=C2\SC(=O)N(CC[NH3+])C2=O)ccc1OS(=O)(=O)c1ccc(C)c([N+](=O)[O-])c1. The molecule has 1 aliphatic heterocycles. The second-order valence-corrected chi connectivity index (χ2v) is 9.38. The Morgan fingerprint density at radius 1 is 1.18 bits per heavy atom. The number of carbonyl (C=O) groups is 2. The van der Waals surface area contributed by atoms with Crippen LogP contribution >= 0.6 is 11.8 Å². The molecule has 0 spiro atoms. The molecule has 3 N–H and O–H groups in total. The Morgan fingerprint density at radius 3 is 2.55 bits per heavy atom. The minimum absolute atomic E-state index is 0.0472. The number of aryl methyl sites for hydroxylation is 1. The number of thioether (sulfide) groups is 1. The summed E-state index contributed by atoms with van der Waals surface area (Å²) in [7, 11) is -3.10. The highest BCUT2D eigenvalue weighted by Gasteiger charge is 2.34. The Balaban J connectivity index is 1.89. The van der Waals surface area contributed by atoms with Crippen LogP contribution in [-0.4, -0.2) is 49.6 Å². The van der Waals surface area contributed by atoms with Crippen molar-refractivity contribution in [3.05, 3.63) is 62.5 Å². The van der Waals surface area contributed by atoms with Crippen LogP contribution in [0.1, 0.15) is 11.1 Å². The summed E-state index contributed by atoms with van der Waals surface area (Å²) >= 11 is 0.794. The van der Waals surface area contributed by atoms with E-state index in [0.717, 1.165) is 22.7 Å². The van der Waals surface area contributed by atoms with Gasteiger partial charge in [0.2, 0.25) is 0 Å². The number of methoxy groups -OCH3 is 1. The number of hydrogen-bond acceptors (Lipinski definition) is 9. The molecule has 1 saturated heterocycles. The summed E-state index contributed by atoms with van der Waals surface area (Å²) in [4.78, 5) is 35.7. The molecular formula is C20H20N3O8S2+. The quantitative estimate of drug-likeness (QED) is 0.250. The van der Waals surface area contributed by atoms with Gasteiger partial charge in [0.25, 0.3) is 16.8 Å². The van der Waals surface area contributed by atoms with Crippen LogP contribution in [0.3, 0.4) is 0 Å². The van der Waals surface area contributed by atoms with Gasteiger partial charge in [-0.3, -0.25) is 24.6 Å². The van der Waals surface area contributed by atoms with Gasteiger partial charge in [-0.1, -0.05) is 12.1 Å². The minimum Gasteiger partial charge on any atom is -0.493 e. The zero-order valence-corrected chi connectivity index (χ0v) is 19.3. The van der Waals surface area contributed by atoms with Crippen molar-refractivity contribution >= 4 is 44.8 Å². The molecule has 11 nitrogen and oxygen atoms in total. The first-order chi connectivity index (χ1) is 15.6. The first-order valence-corrected chi connectivity index (χ1v) is 11.7. The summed E-state index contributed by atoms with van der Waals surface area (Å²) in [5.74, 6) is -0.537. The Bertz CT molecular complexity index is 1270. The number of nitrogens with zero attached hydrogens (tertiary/aromatic N) is 2. The van der Waals surface area contributed by atoms with Crippen LogP contribution in [0.15, 0.2) is 46.2 Å². The molecule has 0 radical (unpaired) electrons. The number of nitro benzene ring substituents is 1. The third kappa shape index (κ3) is 5.16. The molecule has 3 rings (SSSR count). The summed E-state index contributed by atoms with van der Waals surface area (Å²) in [5.41, 5.74) is 4.07. The molecule has 2 amide bonds. The maximum atomic E-state index is 12.7. The van der Waals surface area contributed by atoms with E-state index < -0.39 is 20.9 Å². The number of hydrogen-bond donors (Lipinski definition) is 1. The molecule has 0 atom stereocenters. The van der Waals surface area contributed by atoms with Crippen LogP contribution in [0.5, 0.6) is 11.5 Å². The summed E-state index contributed by atoms with van der Waals surface area (Å²) in [5, 5.41) is 10.7. The van der Waals surface area contributed by atoms with Gasteiger partial charge in [0.05, 0.1) is 30.0 Å². The van der Waals surface area contributed by atoms with Crippen LogP contribution in [0.25, 0.3) is 6.08 Å². The van der Waals surface area contributed by atoms with Gasteiger partial charge in [-0.15, -0.1) is 0 Å². The van der Waals surface area contributed by atoms with E-state index in [1.807, 2.05) is 0 Å². The predicted octanol–water partition coefficient (Wildman–Crippen LogP) is 1.96. The largest absolute Gasteiger partial charge is 0.493 e. The molecule has 0 saturated carbocycles. The highest BCUT2D eigenvalue weighted by Crippen LogP contribution is 2.35. The fourth-order valence-corrected chi connectivity index (χ4v) is 4.78. The molecule has 174 valence electrons. The van der Waals surface area contributed by atoms with Gasteiger partial charge >= 0.3 is 10.1 Å². The molecule has 33 heavy (non-hydrogen) atoms. The average molecular weight is 495 g/mol. The van der Waals surface area contributed by atoms with Crippen LogP contribution in [0, 0.1) is 17.0 Å². The van der Waals surface area contributed by atoms with Crippen LogP contribution in [0.4, 0.5) is 10.5 Å². The lowest BCUT2D eigenvalue weighted by atomic mass is 10.2. The van der Waals surface area contributed by atoms with E-state index in [2.05, 4.69) is 5.73 Å². The lowest BCUT2D eigenvalue weighted by Gasteiger charge is -2.12. The summed E-state index contributed by atoms with van der Waals surface area (Å²) < 4.78 is 35.8. The summed E-state index contributed by atoms with van der Waals surface area (Å²) in [6, 6.07) is 7.70. The summed E-state index contributed by atoms with van der Waals surface area (Å²) in [6.45, 7) is 2.10. The van der Waals surface area contributed by atoms with Gasteiger partial charge < -0.3 is 14.7 Å². The molecule has 0 unspecified atom stereocenters. The van der Waals surface area contributed by atoms with Gasteiger partial charge in [0, 0.05) is 11.6 Å². The molecule has 0 bridgehead atoms. The molecule has 1 aliphatic rings. The second kappa shape index (κ2) is 9.60. The number of ether oxygens (including phenoxy) is 1. The van der Waals surface area contributed by atoms with E-state index in [0.29, 0.717) is 17.7 Å². The van der Waals surface area contributed by atoms with Crippen molar-refractivity contribution < 1.29 is 37.6 Å². The van der Waals surface area contributed by atoms with Gasteiger partial charge in [-0.05, 0) is 48.5 Å².